The highest BCUT2D eigenvalue weighted by Crippen LogP contribution is 2.51. The molecule has 1 fully saturated rings. The van der Waals surface area contributed by atoms with Gasteiger partial charge in [0.05, 0.1) is 36.3 Å². The maximum Gasteiger partial charge on any atom is 0.412 e. The molecule has 11 heteroatoms. The molecule has 0 radical (unpaired) electrons. The van der Waals surface area contributed by atoms with Crippen molar-refractivity contribution >= 4 is 29.2 Å². The number of carbonyl (C=O) groups excluding carboxylic acids is 2. The predicted molar refractivity (Wildman–Crippen MR) is 140 cm³/mol. The number of Topliss-reactive ketones (excluding diaryl/α,β-unsaturated/α-hetero) is 1. The van der Waals surface area contributed by atoms with Crippen molar-refractivity contribution in [3.8, 4) is 0 Å². The molecular formula is C28H38F3NO6S. The molecular weight excluding hydrogens is 535 g/mol. The molecule has 1 aliphatic carbocycles. The van der Waals surface area contributed by atoms with E-state index < -0.39 is 65.5 Å². The number of aliphatic hydroxyl groups excluding tert-OH is 3. The molecule has 0 bridgehead atoms. The quantitative estimate of drug-likeness (QED) is 0.350. The monoisotopic (exact) mass is 573 g/mol. The van der Waals surface area contributed by atoms with Gasteiger partial charge in [-0.15, -0.1) is 11.3 Å². The Kier molecular flexibility index (Phi) is 9.84. The standard InChI is InChI=1S/C28H38F3NO6S/c1-14(8-19-13-39-23(12-33)32-19)21-7-6-18(28(29,30)31)9-17-10-20(17)15(2)25(36)16(3)26(37)27(4,5)22(34)11-24(35)38-21/h6,8,13,15-17,20-22,25,33-34,36H,7,9-12H2,1-5H3/b14-8?,18-6+/t15-,16+,17-,20-,21+,22-,25+/m0/s1. The Labute approximate surface area is 230 Å². The van der Waals surface area contributed by atoms with Gasteiger partial charge >= 0.3 is 12.1 Å². The van der Waals surface area contributed by atoms with Gasteiger partial charge in [-0.25, -0.2) is 4.98 Å². The lowest BCUT2D eigenvalue weighted by atomic mass is 9.72. The summed E-state index contributed by atoms with van der Waals surface area (Å²) in [5.41, 5.74) is -1.18. The number of hydrogen-bond acceptors (Lipinski definition) is 8. The van der Waals surface area contributed by atoms with Crippen LogP contribution in [0.25, 0.3) is 6.08 Å². The number of allylic oxidation sites excluding steroid dienone is 1. The van der Waals surface area contributed by atoms with E-state index >= 15 is 0 Å². The van der Waals surface area contributed by atoms with Crippen LogP contribution in [0.2, 0.25) is 0 Å². The summed E-state index contributed by atoms with van der Waals surface area (Å²) in [6.07, 6.45) is -6.04. The zero-order chi connectivity index (χ0) is 29.3. The van der Waals surface area contributed by atoms with E-state index in [1.807, 2.05) is 0 Å². The van der Waals surface area contributed by atoms with Crippen LogP contribution < -0.4 is 0 Å². The highest BCUT2D eigenvalue weighted by molar-refractivity contribution is 7.09. The molecule has 218 valence electrons. The Bertz CT molecular complexity index is 1110. The molecule has 3 N–H and O–H groups in total. The fourth-order valence-electron chi connectivity index (χ4n) is 5.35. The molecule has 1 aliphatic heterocycles. The zero-order valence-corrected chi connectivity index (χ0v) is 23.7. The van der Waals surface area contributed by atoms with Gasteiger partial charge in [-0.1, -0.05) is 33.8 Å². The second kappa shape index (κ2) is 12.2. The van der Waals surface area contributed by atoms with E-state index in [1.165, 1.54) is 25.2 Å². The molecule has 1 saturated carbocycles. The molecule has 0 saturated heterocycles. The van der Waals surface area contributed by atoms with Crippen LogP contribution in [-0.2, 0) is 20.9 Å². The highest BCUT2D eigenvalue weighted by Gasteiger charge is 2.49. The second-order valence-corrected chi connectivity index (χ2v) is 12.4. The first-order chi connectivity index (χ1) is 18.1. The maximum atomic E-state index is 14.0. The number of rotatable bonds is 3. The number of carbonyl (C=O) groups is 2. The van der Waals surface area contributed by atoms with Crippen LogP contribution >= 0.6 is 11.3 Å². The summed E-state index contributed by atoms with van der Waals surface area (Å²) in [5, 5.41) is 33.2. The first-order valence-corrected chi connectivity index (χ1v) is 14.0. The van der Waals surface area contributed by atoms with Gasteiger partial charge in [-0.2, -0.15) is 13.2 Å². The Hall–Kier alpha value is -2.08. The average molecular weight is 574 g/mol. The number of cyclic esters (lactones) is 1. The van der Waals surface area contributed by atoms with Crippen LogP contribution in [0.5, 0.6) is 0 Å². The highest BCUT2D eigenvalue weighted by atomic mass is 32.1. The summed E-state index contributed by atoms with van der Waals surface area (Å²) in [6.45, 7) is 7.66. The third-order valence-electron chi connectivity index (χ3n) is 8.23. The smallest absolute Gasteiger partial charge is 0.412 e. The topological polar surface area (TPSA) is 117 Å². The number of nitrogens with zero attached hydrogens (tertiary/aromatic N) is 1. The van der Waals surface area contributed by atoms with Crippen molar-refractivity contribution in [3.63, 3.8) is 0 Å². The number of aromatic nitrogens is 1. The predicted octanol–water partition coefficient (Wildman–Crippen LogP) is 4.85. The van der Waals surface area contributed by atoms with Crippen LogP contribution in [0.15, 0.2) is 22.6 Å². The van der Waals surface area contributed by atoms with Gasteiger partial charge in [0, 0.05) is 23.3 Å². The van der Waals surface area contributed by atoms with Crippen LogP contribution in [0.3, 0.4) is 0 Å². The third kappa shape index (κ3) is 7.56. The molecule has 3 rings (SSSR count). The SMILES string of the molecule is CC(=Cc1csc(CO)n1)[C@H]1C/C=C(/C(F)(F)F)C[C@H]2C[C@H]2[C@H](C)[C@@H](O)[C@@H](C)C(=O)C(C)(C)[C@@H](O)CC(=O)O1. The van der Waals surface area contributed by atoms with Gasteiger partial charge in [-0.3, -0.25) is 9.59 Å². The Balaban J connectivity index is 1.98. The van der Waals surface area contributed by atoms with Crippen LogP contribution in [0.4, 0.5) is 13.2 Å². The fraction of sp³-hybridized carbons (Fsp3) is 0.679. The number of ketones is 1. The molecule has 39 heavy (non-hydrogen) atoms. The Morgan fingerprint density at radius 3 is 2.49 bits per heavy atom. The summed E-state index contributed by atoms with van der Waals surface area (Å²) in [7, 11) is 0. The van der Waals surface area contributed by atoms with Gasteiger partial charge < -0.3 is 20.1 Å². The van der Waals surface area contributed by atoms with Crippen LogP contribution in [-0.4, -0.2) is 56.5 Å². The Morgan fingerprint density at radius 2 is 1.90 bits per heavy atom. The van der Waals surface area contributed by atoms with Gasteiger partial charge in [0.15, 0.2) is 0 Å². The number of aliphatic hydroxyl groups is 3. The molecule has 0 unspecified atom stereocenters. The normalized spacial score (nSPS) is 34.6. The van der Waals surface area contributed by atoms with Crippen molar-refractivity contribution in [2.75, 3.05) is 0 Å². The van der Waals surface area contributed by atoms with E-state index in [0.29, 0.717) is 22.7 Å². The van der Waals surface area contributed by atoms with Crippen molar-refractivity contribution in [2.24, 2.45) is 29.1 Å². The van der Waals surface area contributed by atoms with E-state index in [2.05, 4.69) is 4.98 Å². The lowest BCUT2D eigenvalue weighted by Gasteiger charge is -2.34. The largest absolute Gasteiger partial charge is 0.457 e. The third-order valence-corrected chi connectivity index (χ3v) is 9.08. The van der Waals surface area contributed by atoms with E-state index in [9.17, 15) is 38.1 Å². The van der Waals surface area contributed by atoms with E-state index in [-0.39, 0.29) is 31.3 Å². The molecule has 2 heterocycles. The minimum atomic E-state index is -4.58. The number of fused-ring (bicyclic) bond motifs is 1. The van der Waals surface area contributed by atoms with Crippen LogP contribution in [0, 0.1) is 29.1 Å². The molecule has 0 amide bonds. The summed E-state index contributed by atoms with van der Waals surface area (Å²) in [4.78, 5) is 30.4. The first-order valence-electron chi connectivity index (χ1n) is 13.2. The number of halogens is 3. The van der Waals surface area contributed by atoms with Crippen molar-refractivity contribution in [1.29, 1.82) is 0 Å². The van der Waals surface area contributed by atoms with Gasteiger partial charge in [0.1, 0.15) is 16.9 Å². The number of thiazole rings is 1. The van der Waals surface area contributed by atoms with Crippen molar-refractivity contribution in [2.45, 2.75) is 91.4 Å². The number of hydrogen-bond donors (Lipinski definition) is 3. The molecule has 0 spiro atoms. The number of esters is 1. The van der Waals surface area contributed by atoms with E-state index in [1.54, 1.807) is 32.2 Å². The molecule has 1 aromatic rings. The first kappa shape index (κ1) is 31.4. The summed E-state index contributed by atoms with van der Waals surface area (Å²) in [5.74, 6) is -3.05. The minimum Gasteiger partial charge on any atom is -0.457 e. The van der Waals surface area contributed by atoms with Crippen molar-refractivity contribution < 1.29 is 42.8 Å². The average Bonchev–Trinajstić information content (AvgIpc) is 3.49. The summed E-state index contributed by atoms with van der Waals surface area (Å²) >= 11 is 1.22. The maximum absolute atomic E-state index is 14.0. The Morgan fingerprint density at radius 1 is 1.23 bits per heavy atom. The van der Waals surface area contributed by atoms with E-state index in [0.717, 1.165) is 6.08 Å². The molecule has 0 aromatic carbocycles. The van der Waals surface area contributed by atoms with E-state index in [4.69, 9.17) is 4.74 Å². The molecule has 7 atom stereocenters. The van der Waals surface area contributed by atoms with Gasteiger partial charge in [-0.05, 0) is 49.2 Å². The van der Waals surface area contributed by atoms with Gasteiger partial charge in [0.25, 0.3) is 0 Å². The lowest BCUT2D eigenvalue weighted by Crippen LogP contribution is -2.46. The number of alkyl halides is 3. The fourth-order valence-corrected chi connectivity index (χ4v) is 5.96. The molecule has 7 nitrogen and oxygen atoms in total. The molecule has 1 aromatic heterocycles. The second-order valence-electron chi connectivity index (χ2n) is 11.5. The van der Waals surface area contributed by atoms with Crippen molar-refractivity contribution in [1.82, 2.24) is 4.98 Å². The summed E-state index contributed by atoms with van der Waals surface area (Å²) in [6, 6.07) is 0. The number of ether oxygens (including phenoxy) is 1. The van der Waals surface area contributed by atoms with Crippen molar-refractivity contribution in [3.05, 3.63) is 33.3 Å². The van der Waals surface area contributed by atoms with Gasteiger partial charge in [0.2, 0.25) is 0 Å². The minimum absolute atomic E-state index is 0.164. The summed E-state index contributed by atoms with van der Waals surface area (Å²) < 4.78 is 47.5. The molecule has 2 aliphatic rings. The zero-order valence-electron chi connectivity index (χ0n) is 22.9. The van der Waals surface area contributed by atoms with Crippen LogP contribution in [0.1, 0.15) is 71.0 Å². The lowest BCUT2D eigenvalue weighted by molar-refractivity contribution is -0.154.